The third-order valence-electron chi connectivity index (χ3n) is 4.56. The molecular formula is C18H27NO5S. The van der Waals surface area contributed by atoms with Crippen LogP contribution in [0.25, 0.3) is 0 Å². The number of hydrogen-bond acceptors (Lipinski definition) is 5. The fourth-order valence-electron chi connectivity index (χ4n) is 2.92. The lowest BCUT2D eigenvalue weighted by molar-refractivity contribution is -0.133. The molecule has 0 atom stereocenters. The zero-order valence-corrected chi connectivity index (χ0v) is 15.8. The topological polar surface area (TPSA) is 72.9 Å². The lowest BCUT2D eigenvalue weighted by Gasteiger charge is -2.32. The molecule has 7 heteroatoms. The Morgan fingerprint density at radius 3 is 2.40 bits per heavy atom. The summed E-state index contributed by atoms with van der Waals surface area (Å²) in [4.78, 5) is 14.0. The number of likely N-dealkylation sites (tertiary alicyclic amines) is 1. The standard InChI is InChI=1S/C18H27NO5S/c1-15-3-5-17(6-4-15)25(21,22)24-14-9-16-7-11-19(12-8-16)18(20)10-13-23-2/h3-6,16H,7-14H2,1-2H3. The van der Waals surface area contributed by atoms with E-state index >= 15 is 0 Å². The van der Waals surface area contributed by atoms with Gasteiger partial charge >= 0.3 is 0 Å². The van der Waals surface area contributed by atoms with E-state index < -0.39 is 10.1 Å². The van der Waals surface area contributed by atoms with Crippen molar-refractivity contribution in [1.82, 2.24) is 4.90 Å². The molecule has 0 saturated carbocycles. The van der Waals surface area contributed by atoms with E-state index in [0.717, 1.165) is 31.5 Å². The quantitative estimate of drug-likeness (QED) is 0.658. The maximum atomic E-state index is 12.1. The van der Waals surface area contributed by atoms with Crippen LogP contribution >= 0.6 is 0 Å². The number of nitrogens with zero attached hydrogens (tertiary/aromatic N) is 1. The number of rotatable bonds is 8. The van der Waals surface area contributed by atoms with Gasteiger partial charge in [-0.1, -0.05) is 17.7 Å². The van der Waals surface area contributed by atoms with Crippen molar-refractivity contribution >= 4 is 16.0 Å². The molecule has 1 fully saturated rings. The Hall–Kier alpha value is -1.44. The minimum absolute atomic E-state index is 0.124. The minimum atomic E-state index is -3.69. The Balaban J connectivity index is 1.72. The number of ether oxygens (including phenoxy) is 1. The van der Waals surface area contributed by atoms with Gasteiger partial charge in [0.1, 0.15) is 0 Å². The van der Waals surface area contributed by atoms with E-state index in [1.807, 2.05) is 11.8 Å². The number of piperidine rings is 1. The molecule has 0 radical (unpaired) electrons. The number of carbonyl (C=O) groups excluding carboxylic acids is 1. The number of hydrogen-bond donors (Lipinski definition) is 0. The first-order valence-corrected chi connectivity index (χ1v) is 10.1. The predicted molar refractivity (Wildman–Crippen MR) is 94.7 cm³/mol. The Labute approximate surface area is 150 Å². The second-order valence-corrected chi connectivity index (χ2v) is 8.06. The van der Waals surface area contributed by atoms with Gasteiger partial charge in [-0.25, -0.2) is 0 Å². The fraction of sp³-hybridized carbons (Fsp3) is 0.611. The summed E-state index contributed by atoms with van der Waals surface area (Å²) < 4.78 is 34.4. The van der Waals surface area contributed by atoms with Crippen LogP contribution in [-0.2, 0) is 23.8 Å². The Kier molecular flexibility index (Phi) is 7.40. The molecule has 140 valence electrons. The third kappa shape index (κ3) is 6.09. The van der Waals surface area contributed by atoms with Crippen molar-refractivity contribution in [2.24, 2.45) is 5.92 Å². The van der Waals surface area contributed by atoms with Gasteiger partial charge in [0.2, 0.25) is 5.91 Å². The highest BCUT2D eigenvalue weighted by molar-refractivity contribution is 7.86. The molecule has 1 heterocycles. The van der Waals surface area contributed by atoms with Gasteiger partial charge in [-0.3, -0.25) is 8.98 Å². The second-order valence-electron chi connectivity index (χ2n) is 6.44. The first kappa shape index (κ1) is 19.9. The summed E-state index contributed by atoms with van der Waals surface area (Å²) in [5.74, 6) is 0.512. The summed E-state index contributed by atoms with van der Waals surface area (Å²) in [6, 6.07) is 6.64. The van der Waals surface area contributed by atoms with Crippen molar-refractivity contribution in [2.45, 2.75) is 37.5 Å². The van der Waals surface area contributed by atoms with E-state index in [1.165, 1.54) is 0 Å². The molecule has 0 N–H and O–H groups in total. The summed E-state index contributed by atoms with van der Waals surface area (Å²) in [5.41, 5.74) is 1.01. The highest BCUT2D eigenvalue weighted by Gasteiger charge is 2.23. The average molecular weight is 369 g/mol. The maximum absolute atomic E-state index is 12.1. The Morgan fingerprint density at radius 1 is 1.16 bits per heavy atom. The third-order valence-corrected chi connectivity index (χ3v) is 5.89. The lowest BCUT2D eigenvalue weighted by Crippen LogP contribution is -2.39. The summed E-state index contributed by atoms with van der Waals surface area (Å²) in [7, 11) is -2.10. The predicted octanol–water partition coefficient (Wildman–Crippen LogP) is 2.37. The fourth-order valence-corrected chi connectivity index (χ4v) is 3.84. The van der Waals surface area contributed by atoms with Gasteiger partial charge in [0.25, 0.3) is 10.1 Å². The van der Waals surface area contributed by atoms with Gasteiger partial charge in [-0.15, -0.1) is 0 Å². The molecule has 1 amide bonds. The van der Waals surface area contributed by atoms with Crippen molar-refractivity contribution < 1.29 is 22.1 Å². The molecular weight excluding hydrogens is 342 g/mol. The van der Waals surface area contributed by atoms with E-state index in [2.05, 4.69) is 0 Å². The first-order valence-electron chi connectivity index (χ1n) is 8.65. The normalized spacial score (nSPS) is 16.2. The van der Waals surface area contributed by atoms with Gasteiger partial charge < -0.3 is 9.64 Å². The number of benzene rings is 1. The molecule has 2 rings (SSSR count). The van der Waals surface area contributed by atoms with Gasteiger partial charge in [0.15, 0.2) is 0 Å². The lowest BCUT2D eigenvalue weighted by atomic mass is 9.94. The first-order chi connectivity index (χ1) is 11.9. The van der Waals surface area contributed by atoms with Crippen LogP contribution in [-0.4, -0.2) is 52.6 Å². The van der Waals surface area contributed by atoms with Crippen LogP contribution in [0.5, 0.6) is 0 Å². The molecule has 1 saturated heterocycles. The van der Waals surface area contributed by atoms with Crippen LogP contribution in [0.3, 0.4) is 0 Å². The largest absolute Gasteiger partial charge is 0.384 e. The van der Waals surface area contributed by atoms with E-state index in [0.29, 0.717) is 25.4 Å². The van der Waals surface area contributed by atoms with Crippen LogP contribution < -0.4 is 0 Å². The minimum Gasteiger partial charge on any atom is -0.384 e. The number of carbonyl (C=O) groups is 1. The summed E-state index contributed by atoms with van der Waals surface area (Å²) >= 11 is 0. The summed E-state index contributed by atoms with van der Waals surface area (Å²) in [5, 5.41) is 0. The van der Waals surface area contributed by atoms with Crippen LogP contribution in [0, 0.1) is 12.8 Å². The van der Waals surface area contributed by atoms with Gasteiger partial charge in [0.05, 0.1) is 24.5 Å². The number of amides is 1. The van der Waals surface area contributed by atoms with Crippen LogP contribution in [0.1, 0.15) is 31.2 Å². The van der Waals surface area contributed by atoms with Gasteiger partial charge in [0, 0.05) is 20.2 Å². The Morgan fingerprint density at radius 2 is 1.80 bits per heavy atom. The number of methoxy groups -OCH3 is 1. The summed E-state index contributed by atoms with van der Waals surface area (Å²) in [6.45, 7) is 3.97. The molecule has 1 aliphatic rings. The van der Waals surface area contributed by atoms with Crippen LogP contribution in [0.15, 0.2) is 29.2 Å². The summed E-state index contributed by atoms with van der Waals surface area (Å²) in [6.07, 6.45) is 2.86. The van der Waals surface area contributed by atoms with E-state index in [-0.39, 0.29) is 17.4 Å². The zero-order chi connectivity index (χ0) is 18.3. The zero-order valence-electron chi connectivity index (χ0n) is 14.9. The Bertz CT molecular complexity index is 649. The van der Waals surface area contributed by atoms with Crippen molar-refractivity contribution in [2.75, 3.05) is 33.4 Å². The average Bonchev–Trinajstić information content (AvgIpc) is 2.60. The second kappa shape index (κ2) is 9.31. The SMILES string of the molecule is COCCC(=O)N1CCC(CCOS(=O)(=O)c2ccc(C)cc2)CC1. The van der Waals surface area contributed by atoms with Gasteiger partial charge in [-0.2, -0.15) is 8.42 Å². The monoisotopic (exact) mass is 369 g/mol. The van der Waals surface area contributed by atoms with Crippen molar-refractivity contribution in [3.05, 3.63) is 29.8 Å². The molecule has 0 bridgehead atoms. The van der Waals surface area contributed by atoms with E-state index in [1.54, 1.807) is 31.4 Å². The highest BCUT2D eigenvalue weighted by Crippen LogP contribution is 2.22. The molecule has 6 nitrogen and oxygen atoms in total. The van der Waals surface area contributed by atoms with E-state index in [4.69, 9.17) is 8.92 Å². The molecule has 25 heavy (non-hydrogen) atoms. The molecule has 1 aromatic rings. The maximum Gasteiger partial charge on any atom is 0.296 e. The van der Waals surface area contributed by atoms with Crippen molar-refractivity contribution in [3.8, 4) is 0 Å². The van der Waals surface area contributed by atoms with Crippen LogP contribution in [0.4, 0.5) is 0 Å². The molecule has 0 aliphatic carbocycles. The van der Waals surface area contributed by atoms with Crippen LogP contribution in [0.2, 0.25) is 0 Å². The molecule has 0 spiro atoms. The molecule has 0 aromatic heterocycles. The van der Waals surface area contributed by atoms with Crippen molar-refractivity contribution in [1.29, 1.82) is 0 Å². The highest BCUT2D eigenvalue weighted by atomic mass is 32.2. The molecule has 0 unspecified atom stereocenters. The van der Waals surface area contributed by atoms with Gasteiger partial charge in [-0.05, 0) is 44.2 Å². The van der Waals surface area contributed by atoms with E-state index in [9.17, 15) is 13.2 Å². The van der Waals surface area contributed by atoms with Crippen molar-refractivity contribution in [3.63, 3.8) is 0 Å². The number of aryl methyl sites for hydroxylation is 1. The smallest absolute Gasteiger partial charge is 0.296 e. The molecule has 1 aromatic carbocycles. The molecule has 1 aliphatic heterocycles.